The van der Waals surface area contributed by atoms with Crippen LogP contribution in [0.15, 0.2) is 76.1 Å². The average Bonchev–Trinajstić information content (AvgIpc) is 3.50. The van der Waals surface area contributed by atoms with E-state index >= 15 is 0 Å². The van der Waals surface area contributed by atoms with Crippen LogP contribution in [0.4, 0.5) is 10.6 Å². The number of rotatable bonds is 10. The Morgan fingerprint density at radius 3 is 2.26 bits per heavy atom. The molecule has 0 saturated heterocycles. The highest BCUT2D eigenvalue weighted by Gasteiger charge is 2.34. The molecule has 0 radical (unpaired) electrons. The van der Waals surface area contributed by atoms with Gasteiger partial charge in [-0.1, -0.05) is 74.5 Å². The van der Waals surface area contributed by atoms with Crippen molar-refractivity contribution in [2.45, 2.75) is 45.7 Å². The van der Waals surface area contributed by atoms with Gasteiger partial charge in [-0.2, -0.15) is 0 Å². The summed E-state index contributed by atoms with van der Waals surface area (Å²) in [6.07, 6.45) is 0.484. The molecule has 1 atom stereocenters. The van der Waals surface area contributed by atoms with Gasteiger partial charge in [-0.25, -0.2) is 9.78 Å². The maximum absolute atomic E-state index is 13.5. The van der Waals surface area contributed by atoms with Crippen molar-refractivity contribution in [3.63, 3.8) is 0 Å². The molecule has 0 aliphatic rings. The van der Waals surface area contributed by atoms with E-state index in [9.17, 15) is 19.2 Å². The van der Waals surface area contributed by atoms with E-state index in [2.05, 4.69) is 30.6 Å². The van der Waals surface area contributed by atoms with Crippen LogP contribution in [0.3, 0.4) is 0 Å². The molecule has 4 aromatic rings. The van der Waals surface area contributed by atoms with E-state index in [-0.39, 0.29) is 23.5 Å². The Hall–Kier alpha value is -5.13. The zero-order valence-corrected chi connectivity index (χ0v) is 24.0. The summed E-state index contributed by atoms with van der Waals surface area (Å²) in [7, 11) is 1.15. The molecule has 0 aliphatic carbocycles. The van der Waals surface area contributed by atoms with Crippen LogP contribution in [0.1, 0.15) is 49.8 Å². The summed E-state index contributed by atoms with van der Waals surface area (Å²) in [4.78, 5) is 55.9. The third kappa shape index (κ3) is 6.43. The summed E-state index contributed by atoms with van der Waals surface area (Å²) in [6.45, 7) is 6.88. The molecular formula is C30H32N6O6. The first-order valence-electron chi connectivity index (χ1n) is 13.3. The van der Waals surface area contributed by atoms with Crippen molar-refractivity contribution in [2.24, 2.45) is 5.92 Å². The molecule has 1 unspecified atom stereocenters. The molecule has 2 heterocycles. The van der Waals surface area contributed by atoms with Crippen LogP contribution in [0, 0.1) is 5.92 Å². The second kappa shape index (κ2) is 12.6. The number of methoxy groups -OCH3 is 1. The first-order chi connectivity index (χ1) is 20.0. The molecule has 4 rings (SSSR count). The first-order valence-corrected chi connectivity index (χ1v) is 13.3. The minimum atomic E-state index is -1.02. The van der Waals surface area contributed by atoms with Crippen molar-refractivity contribution < 1.29 is 23.5 Å². The number of aromatic nitrogens is 4. The van der Waals surface area contributed by atoms with Crippen molar-refractivity contribution in [3.8, 4) is 11.3 Å². The topological polar surface area (TPSA) is 158 Å². The van der Waals surface area contributed by atoms with Gasteiger partial charge in [0.25, 0.3) is 11.4 Å². The van der Waals surface area contributed by atoms with E-state index in [0.29, 0.717) is 11.3 Å². The van der Waals surface area contributed by atoms with Gasteiger partial charge in [0.05, 0.1) is 30.5 Å². The summed E-state index contributed by atoms with van der Waals surface area (Å²) in [6, 6.07) is 17.4. The molecule has 0 bridgehead atoms. The number of anilines is 1. The summed E-state index contributed by atoms with van der Waals surface area (Å²) in [5.74, 6) is -1.82. The maximum Gasteiger partial charge on any atom is 0.412 e. The van der Waals surface area contributed by atoms with Crippen LogP contribution in [0.2, 0.25) is 0 Å². The van der Waals surface area contributed by atoms with Gasteiger partial charge < -0.3 is 14.5 Å². The zero-order chi connectivity index (χ0) is 30.4. The number of ketones is 1. The molecule has 2 aromatic heterocycles. The van der Waals surface area contributed by atoms with Crippen LogP contribution < -0.4 is 16.2 Å². The smallest absolute Gasteiger partial charge is 0.412 e. The number of hydrogen-bond acceptors (Lipinski definition) is 9. The van der Waals surface area contributed by atoms with E-state index < -0.39 is 41.3 Å². The summed E-state index contributed by atoms with van der Waals surface area (Å²) < 4.78 is 11.5. The van der Waals surface area contributed by atoms with Crippen molar-refractivity contribution in [1.29, 1.82) is 0 Å². The fourth-order valence-electron chi connectivity index (χ4n) is 4.30. The van der Waals surface area contributed by atoms with Gasteiger partial charge in [-0.3, -0.25) is 24.3 Å². The summed E-state index contributed by atoms with van der Waals surface area (Å²) >= 11 is 0. The predicted molar refractivity (Wildman–Crippen MR) is 154 cm³/mol. The fraction of sp³-hybridized carbons (Fsp3) is 0.300. The minimum Gasteiger partial charge on any atom is -0.453 e. The van der Waals surface area contributed by atoms with Crippen molar-refractivity contribution in [2.75, 3.05) is 12.4 Å². The Kier molecular flexibility index (Phi) is 8.94. The third-order valence-electron chi connectivity index (χ3n) is 6.76. The third-order valence-corrected chi connectivity index (χ3v) is 6.76. The van der Waals surface area contributed by atoms with Gasteiger partial charge in [0.2, 0.25) is 23.4 Å². The van der Waals surface area contributed by atoms with Crippen LogP contribution in [-0.2, 0) is 21.5 Å². The molecule has 0 saturated carbocycles. The molecular weight excluding hydrogens is 540 g/mol. The first kappa shape index (κ1) is 29.8. The number of amides is 2. The SMILES string of the molecule is COC(=O)Nc1ncc(-c2ccccc2)n(CC(=O)NC(C(=O)c2nnc(C(C)(C)c3ccccc3)o2)C(C)C)c1=O. The molecule has 2 aromatic carbocycles. The molecule has 2 N–H and O–H groups in total. The monoisotopic (exact) mass is 572 g/mol. The predicted octanol–water partition coefficient (Wildman–Crippen LogP) is 3.82. The van der Waals surface area contributed by atoms with Crippen LogP contribution in [-0.4, -0.2) is 50.7 Å². The van der Waals surface area contributed by atoms with Crippen molar-refractivity contribution in [1.82, 2.24) is 25.1 Å². The van der Waals surface area contributed by atoms with E-state index in [1.807, 2.05) is 50.2 Å². The van der Waals surface area contributed by atoms with Gasteiger partial charge in [0.1, 0.15) is 6.54 Å². The highest BCUT2D eigenvalue weighted by molar-refractivity contribution is 5.98. The van der Waals surface area contributed by atoms with Gasteiger partial charge in [0, 0.05) is 0 Å². The molecule has 42 heavy (non-hydrogen) atoms. The Bertz CT molecular complexity index is 1630. The quantitative estimate of drug-likeness (QED) is 0.269. The number of benzene rings is 2. The fourth-order valence-corrected chi connectivity index (χ4v) is 4.30. The normalized spacial score (nSPS) is 12.0. The summed E-state index contributed by atoms with van der Waals surface area (Å²) in [5.41, 5.74) is 0.502. The van der Waals surface area contributed by atoms with E-state index in [4.69, 9.17) is 4.42 Å². The second-order valence-corrected chi connectivity index (χ2v) is 10.4. The highest BCUT2D eigenvalue weighted by Crippen LogP contribution is 2.30. The van der Waals surface area contributed by atoms with E-state index in [1.54, 1.807) is 38.1 Å². The van der Waals surface area contributed by atoms with Gasteiger partial charge in [-0.05, 0) is 30.9 Å². The number of hydrogen-bond donors (Lipinski definition) is 2. The number of carbonyl (C=O) groups excluding carboxylic acids is 3. The van der Waals surface area contributed by atoms with Crippen LogP contribution >= 0.6 is 0 Å². The van der Waals surface area contributed by atoms with Gasteiger partial charge in [0.15, 0.2) is 0 Å². The van der Waals surface area contributed by atoms with Crippen LogP contribution in [0.5, 0.6) is 0 Å². The molecule has 0 fully saturated rings. The Balaban J connectivity index is 1.60. The standard InChI is InChI=1S/C30H32N6O6/c1-18(2)23(24(38)26-34-35-28(42-26)30(3,4)20-14-10-7-11-15-20)32-22(37)17-36-21(19-12-8-6-9-13-19)16-31-25(27(36)39)33-29(40)41-5/h6-16,18,23H,17H2,1-5H3,(H,32,37)(H,31,33,40). The molecule has 0 aliphatic heterocycles. The lowest BCUT2D eigenvalue weighted by molar-refractivity contribution is -0.122. The molecule has 2 amide bonds. The zero-order valence-electron chi connectivity index (χ0n) is 24.0. The van der Waals surface area contributed by atoms with Gasteiger partial charge in [-0.15, -0.1) is 10.2 Å². The summed E-state index contributed by atoms with van der Waals surface area (Å²) in [5, 5.41) is 13.1. The van der Waals surface area contributed by atoms with E-state index in [0.717, 1.165) is 17.2 Å². The maximum atomic E-state index is 13.5. The molecule has 218 valence electrons. The Morgan fingerprint density at radius 1 is 1.00 bits per heavy atom. The minimum absolute atomic E-state index is 0.233. The lowest BCUT2D eigenvalue weighted by atomic mass is 9.85. The number of nitrogens with one attached hydrogen (secondary N) is 2. The average molecular weight is 573 g/mol. The highest BCUT2D eigenvalue weighted by atomic mass is 16.5. The van der Waals surface area contributed by atoms with Crippen molar-refractivity contribution >= 4 is 23.6 Å². The lowest BCUT2D eigenvalue weighted by Crippen LogP contribution is -2.46. The number of nitrogens with zero attached hydrogens (tertiary/aromatic N) is 4. The second-order valence-electron chi connectivity index (χ2n) is 10.4. The lowest BCUT2D eigenvalue weighted by Gasteiger charge is -2.21. The Morgan fingerprint density at radius 2 is 1.64 bits per heavy atom. The molecule has 12 nitrogen and oxygen atoms in total. The molecule has 0 spiro atoms. The largest absolute Gasteiger partial charge is 0.453 e. The van der Waals surface area contributed by atoms with Crippen LogP contribution in [0.25, 0.3) is 11.3 Å². The Labute approximate surface area is 242 Å². The van der Waals surface area contributed by atoms with Crippen molar-refractivity contribution in [3.05, 3.63) is 94.6 Å². The van der Waals surface area contributed by atoms with Gasteiger partial charge >= 0.3 is 6.09 Å². The number of carbonyl (C=O) groups is 3. The molecule has 12 heteroatoms. The number of ether oxygens (including phenoxy) is 1. The number of Topliss-reactive ketones (excluding diaryl/α,β-unsaturated/α-hetero) is 1. The van der Waals surface area contributed by atoms with E-state index in [1.165, 1.54) is 6.20 Å².